The predicted molar refractivity (Wildman–Crippen MR) is 58.6 cm³/mol. The van der Waals surface area contributed by atoms with Gasteiger partial charge in [-0.3, -0.25) is 9.59 Å². The number of nitrogens with one attached hydrogen (secondary N) is 1. The molecule has 2 aromatic rings. The summed E-state index contributed by atoms with van der Waals surface area (Å²) >= 11 is 0. The Kier molecular flexibility index (Phi) is 2.46. The second kappa shape index (κ2) is 3.92. The molecular formula is C12H9NO2. The highest BCUT2D eigenvalue weighted by atomic mass is 16.2. The fraction of sp³-hybridized carbons (Fsp3) is 0. The van der Waals surface area contributed by atoms with Crippen molar-refractivity contribution in [3.8, 4) is 0 Å². The van der Waals surface area contributed by atoms with E-state index in [1.807, 2.05) is 36.4 Å². The van der Waals surface area contributed by atoms with E-state index in [1.165, 1.54) is 0 Å². The lowest BCUT2D eigenvalue weighted by molar-refractivity contribution is -0.127. The summed E-state index contributed by atoms with van der Waals surface area (Å²) in [5.41, 5.74) is 0.658. The lowest BCUT2D eigenvalue weighted by Crippen LogP contribution is -2.12. The highest BCUT2D eigenvalue weighted by Crippen LogP contribution is 2.22. The van der Waals surface area contributed by atoms with Crippen molar-refractivity contribution in [2.24, 2.45) is 0 Å². The zero-order valence-corrected chi connectivity index (χ0v) is 7.94. The molecule has 0 saturated carbocycles. The van der Waals surface area contributed by atoms with Crippen LogP contribution in [0.5, 0.6) is 0 Å². The number of hydrogen-bond acceptors (Lipinski definition) is 2. The van der Waals surface area contributed by atoms with Gasteiger partial charge in [0.15, 0.2) is 0 Å². The van der Waals surface area contributed by atoms with E-state index >= 15 is 0 Å². The molecule has 2 rings (SSSR count). The molecule has 0 aliphatic carbocycles. The molecule has 0 aliphatic heterocycles. The first kappa shape index (κ1) is 9.40. The van der Waals surface area contributed by atoms with Gasteiger partial charge in [-0.25, -0.2) is 0 Å². The molecule has 2 aromatic carbocycles. The summed E-state index contributed by atoms with van der Waals surface area (Å²) in [5, 5.41) is 4.48. The fourth-order valence-electron chi connectivity index (χ4n) is 1.50. The Morgan fingerprint density at radius 3 is 2.60 bits per heavy atom. The first-order valence-electron chi connectivity index (χ1n) is 4.55. The van der Waals surface area contributed by atoms with Crippen molar-refractivity contribution < 1.29 is 9.59 Å². The first-order chi connectivity index (χ1) is 7.31. The fourth-order valence-corrected chi connectivity index (χ4v) is 1.50. The number of amides is 1. The normalized spacial score (nSPS) is 9.87. The van der Waals surface area contributed by atoms with Crippen LogP contribution in [0.3, 0.4) is 0 Å². The third-order valence-electron chi connectivity index (χ3n) is 2.15. The second-order valence-corrected chi connectivity index (χ2v) is 3.13. The number of aldehydes is 1. The van der Waals surface area contributed by atoms with E-state index < -0.39 is 5.91 Å². The van der Waals surface area contributed by atoms with E-state index in [0.29, 0.717) is 5.69 Å². The Bertz CT molecular complexity index is 515. The molecule has 1 amide bonds. The van der Waals surface area contributed by atoms with Crippen LogP contribution >= 0.6 is 0 Å². The number of anilines is 1. The summed E-state index contributed by atoms with van der Waals surface area (Å²) in [5.74, 6) is -0.633. The zero-order valence-electron chi connectivity index (χ0n) is 7.94. The van der Waals surface area contributed by atoms with E-state index in [1.54, 1.807) is 6.07 Å². The minimum Gasteiger partial charge on any atom is -0.319 e. The van der Waals surface area contributed by atoms with Crippen LogP contribution in [0.15, 0.2) is 42.5 Å². The van der Waals surface area contributed by atoms with Gasteiger partial charge in [-0.2, -0.15) is 0 Å². The van der Waals surface area contributed by atoms with Crippen LogP contribution in [-0.2, 0) is 9.59 Å². The van der Waals surface area contributed by atoms with Crippen LogP contribution in [-0.4, -0.2) is 12.2 Å². The summed E-state index contributed by atoms with van der Waals surface area (Å²) in [4.78, 5) is 21.2. The maximum absolute atomic E-state index is 10.9. The van der Waals surface area contributed by atoms with Crippen LogP contribution in [0.2, 0.25) is 0 Å². The van der Waals surface area contributed by atoms with Crippen molar-refractivity contribution in [2.75, 3.05) is 5.32 Å². The highest BCUT2D eigenvalue weighted by molar-refractivity contribution is 6.30. The molecule has 0 atom stereocenters. The molecule has 0 fully saturated rings. The Morgan fingerprint density at radius 1 is 1.07 bits per heavy atom. The number of hydrogen-bond donors (Lipinski definition) is 1. The third-order valence-corrected chi connectivity index (χ3v) is 2.15. The Morgan fingerprint density at radius 2 is 1.80 bits per heavy atom. The molecule has 3 heteroatoms. The summed E-state index contributed by atoms with van der Waals surface area (Å²) in [6.07, 6.45) is 0.266. The molecule has 0 saturated heterocycles. The van der Waals surface area contributed by atoms with Gasteiger partial charge in [-0.05, 0) is 11.5 Å². The Balaban J connectivity index is 2.51. The number of carbonyl (C=O) groups excluding carboxylic acids is 2. The molecule has 15 heavy (non-hydrogen) atoms. The van der Waals surface area contributed by atoms with E-state index in [2.05, 4.69) is 5.32 Å². The molecule has 0 spiro atoms. The molecule has 3 nitrogen and oxygen atoms in total. The Hall–Kier alpha value is -2.16. The molecule has 0 unspecified atom stereocenters. The van der Waals surface area contributed by atoms with Crippen LogP contribution in [0, 0.1) is 0 Å². The van der Waals surface area contributed by atoms with E-state index in [9.17, 15) is 9.59 Å². The average molecular weight is 199 g/mol. The summed E-state index contributed by atoms with van der Waals surface area (Å²) in [6.45, 7) is 0. The van der Waals surface area contributed by atoms with Crippen molar-refractivity contribution in [1.82, 2.24) is 0 Å². The quantitative estimate of drug-likeness (QED) is 0.593. The number of fused-ring (bicyclic) bond motifs is 1. The van der Waals surface area contributed by atoms with Gasteiger partial charge in [-0.1, -0.05) is 36.4 Å². The van der Waals surface area contributed by atoms with Crippen molar-refractivity contribution in [3.05, 3.63) is 42.5 Å². The predicted octanol–water partition coefficient (Wildman–Crippen LogP) is 1.98. The molecule has 1 N–H and O–H groups in total. The highest BCUT2D eigenvalue weighted by Gasteiger charge is 2.02. The van der Waals surface area contributed by atoms with Crippen LogP contribution in [0.25, 0.3) is 10.8 Å². The van der Waals surface area contributed by atoms with Gasteiger partial charge in [0.2, 0.25) is 6.29 Å². The number of carbonyl (C=O) groups is 2. The minimum absolute atomic E-state index is 0.266. The second-order valence-electron chi connectivity index (χ2n) is 3.13. The van der Waals surface area contributed by atoms with E-state index in [0.717, 1.165) is 10.8 Å². The van der Waals surface area contributed by atoms with E-state index in [4.69, 9.17) is 0 Å². The summed E-state index contributed by atoms with van der Waals surface area (Å²) in [6, 6.07) is 13.2. The Labute approximate surface area is 86.7 Å². The standard InChI is InChI=1S/C12H9NO2/c14-8-12(15)13-11-7-3-5-9-4-1-2-6-10(9)11/h1-8H,(H,13,15). The lowest BCUT2D eigenvalue weighted by atomic mass is 10.1. The smallest absolute Gasteiger partial charge is 0.288 e. The maximum atomic E-state index is 10.9. The topological polar surface area (TPSA) is 46.2 Å². The number of benzene rings is 2. The van der Waals surface area contributed by atoms with Gasteiger partial charge in [0.25, 0.3) is 5.91 Å². The van der Waals surface area contributed by atoms with Crippen LogP contribution in [0.4, 0.5) is 5.69 Å². The summed E-state index contributed by atoms with van der Waals surface area (Å²) in [7, 11) is 0. The molecule has 0 aromatic heterocycles. The van der Waals surface area contributed by atoms with Gasteiger partial charge >= 0.3 is 0 Å². The third kappa shape index (κ3) is 1.86. The van der Waals surface area contributed by atoms with Crippen molar-refractivity contribution in [1.29, 1.82) is 0 Å². The zero-order chi connectivity index (χ0) is 10.7. The molecule has 0 heterocycles. The van der Waals surface area contributed by atoms with Gasteiger partial charge in [0, 0.05) is 11.1 Å². The summed E-state index contributed by atoms with van der Waals surface area (Å²) < 4.78 is 0. The molecular weight excluding hydrogens is 190 g/mol. The van der Waals surface area contributed by atoms with Crippen molar-refractivity contribution in [2.45, 2.75) is 0 Å². The monoisotopic (exact) mass is 199 g/mol. The van der Waals surface area contributed by atoms with Crippen molar-refractivity contribution >= 4 is 28.7 Å². The average Bonchev–Trinajstić information content (AvgIpc) is 2.29. The van der Waals surface area contributed by atoms with E-state index in [-0.39, 0.29) is 6.29 Å². The first-order valence-corrected chi connectivity index (χ1v) is 4.55. The number of rotatable bonds is 2. The molecule has 0 radical (unpaired) electrons. The van der Waals surface area contributed by atoms with Gasteiger partial charge in [0.1, 0.15) is 0 Å². The van der Waals surface area contributed by atoms with Gasteiger partial charge < -0.3 is 5.32 Å². The SMILES string of the molecule is O=CC(=O)Nc1cccc2ccccc12. The minimum atomic E-state index is -0.633. The molecule has 0 bridgehead atoms. The largest absolute Gasteiger partial charge is 0.319 e. The molecule has 0 aliphatic rings. The molecule has 74 valence electrons. The van der Waals surface area contributed by atoms with Crippen LogP contribution in [0.1, 0.15) is 0 Å². The van der Waals surface area contributed by atoms with Gasteiger partial charge in [0.05, 0.1) is 0 Å². The lowest BCUT2D eigenvalue weighted by Gasteiger charge is -2.05. The van der Waals surface area contributed by atoms with Crippen molar-refractivity contribution in [3.63, 3.8) is 0 Å². The van der Waals surface area contributed by atoms with Crippen LogP contribution < -0.4 is 5.32 Å². The maximum Gasteiger partial charge on any atom is 0.288 e. The van der Waals surface area contributed by atoms with Gasteiger partial charge in [-0.15, -0.1) is 0 Å².